The quantitative estimate of drug-likeness (QED) is 0.638. The third kappa shape index (κ3) is 3.14. The molecule has 2 aromatic carbocycles. The van der Waals surface area contributed by atoms with Gasteiger partial charge < -0.3 is 4.42 Å². The van der Waals surface area contributed by atoms with Gasteiger partial charge in [-0.2, -0.15) is 0 Å². The molecule has 0 bridgehead atoms. The second kappa shape index (κ2) is 7.23. The van der Waals surface area contributed by atoms with Crippen LogP contribution in [0.25, 0.3) is 22.1 Å². The smallest absolute Gasteiger partial charge is 0.200 e. The molecule has 0 N–H and O–H groups in total. The van der Waals surface area contributed by atoms with Crippen LogP contribution >= 0.6 is 27.7 Å². The fraction of sp³-hybridized carbons (Fsp3) is 0.167. The van der Waals surface area contributed by atoms with Crippen molar-refractivity contribution < 1.29 is 4.42 Å². The van der Waals surface area contributed by atoms with E-state index in [0.717, 1.165) is 29.6 Å². The third-order valence-electron chi connectivity index (χ3n) is 4.07. The molecule has 0 fully saturated rings. The molecular formula is C18H19O2P3. The summed E-state index contributed by atoms with van der Waals surface area (Å²) < 4.78 is 5.87. The molecule has 0 aliphatic heterocycles. The maximum Gasteiger partial charge on any atom is 0.200 e. The molecule has 0 spiro atoms. The summed E-state index contributed by atoms with van der Waals surface area (Å²) in [6, 6.07) is 11.9. The second-order valence-electron chi connectivity index (χ2n) is 5.37. The van der Waals surface area contributed by atoms with Crippen LogP contribution in [-0.2, 0) is 18.5 Å². The van der Waals surface area contributed by atoms with Crippen molar-refractivity contribution in [2.24, 2.45) is 0 Å². The van der Waals surface area contributed by atoms with E-state index < -0.39 is 0 Å². The van der Waals surface area contributed by atoms with E-state index in [9.17, 15) is 4.79 Å². The lowest BCUT2D eigenvalue weighted by Crippen LogP contribution is -2.06. The standard InChI is InChI=1S/C18H19O2P3/c19-17-14-6-5-13(9-22)16(10-23)18(14)20-7-15(17)12-3-1-11(8-21)2-4-12/h1-7H,8-10,21-23H2. The largest absolute Gasteiger partial charge is 0.463 e. The van der Waals surface area contributed by atoms with Gasteiger partial charge in [-0.15, -0.1) is 27.7 Å². The van der Waals surface area contributed by atoms with E-state index in [1.54, 1.807) is 6.26 Å². The highest BCUT2D eigenvalue weighted by atomic mass is 31.0. The molecule has 3 rings (SSSR count). The van der Waals surface area contributed by atoms with Crippen LogP contribution in [0.2, 0.25) is 0 Å². The van der Waals surface area contributed by atoms with Crippen LogP contribution in [0.3, 0.4) is 0 Å². The zero-order valence-corrected chi connectivity index (χ0v) is 16.2. The first-order chi connectivity index (χ1) is 11.2. The van der Waals surface area contributed by atoms with Gasteiger partial charge in [0, 0.05) is 5.56 Å². The Hall–Kier alpha value is -1.06. The van der Waals surface area contributed by atoms with Gasteiger partial charge >= 0.3 is 0 Å². The van der Waals surface area contributed by atoms with E-state index in [1.807, 2.05) is 36.4 Å². The molecule has 118 valence electrons. The molecule has 0 saturated heterocycles. The van der Waals surface area contributed by atoms with Crippen LogP contribution in [-0.4, -0.2) is 0 Å². The fourth-order valence-electron chi connectivity index (χ4n) is 2.73. The number of rotatable bonds is 4. The lowest BCUT2D eigenvalue weighted by Gasteiger charge is -2.10. The molecule has 1 aromatic heterocycles. The molecule has 1 heterocycles. The first kappa shape index (κ1) is 16.8. The summed E-state index contributed by atoms with van der Waals surface area (Å²) >= 11 is 0. The highest BCUT2D eigenvalue weighted by molar-refractivity contribution is 7.16. The maximum atomic E-state index is 12.9. The van der Waals surface area contributed by atoms with E-state index in [4.69, 9.17) is 4.42 Å². The van der Waals surface area contributed by atoms with Crippen molar-refractivity contribution in [1.82, 2.24) is 0 Å². The molecule has 0 saturated carbocycles. The first-order valence-electron chi connectivity index (χ1n) is 7.45. The molecule has 2 nitrogen and oxygen atoms in total. The zero-order chi connectivity index (χ0) is 16.4. The summed E-state index contributed by atoms with van der Waals surface area (Å²) in [7, 11) is 8.14. The SMILES string of the molecule is O=c1c(-c2ccc(CP)cc2)coc2c(CP)c(CP)ccc12. The van der Waals surface area contributed by atoms with Crippen LogP contribution in [0.4, 0.5) is 0 Å². The lowest BCUT2D eigenvalue weighted by molar-refractivity contribution is 0.601. The van der Waals surface area contributed by atoms with Gasteiger partial charge in [0.05, 0.1) is 10.9 Å². The summed E-state index contributed by atoms with van der Waals surface area (Å²) in [6.45, 7) is 0. The molecule has 0 aliphatic rings. The minimum Gasteiger partial charge on any atom is -0.463 e. The maximum absolute atomic E-state index is 12.9. The van der Waals surface area contributed by atoms with Crippen molar-refractivity contribution in [2.75, 3.05) is 0 Å². The molecule has 3 unspecified atom stereocenters. The molecule has 23 heavy (non-hydrogen) atoms. The van der Waals surface area contributed by atoms with Crippen LogP contribution in [0.1, 0.15) is 16.7 Å². The molecule has 0 aliphatic carbocycles. The highest BCUT2D eigenvalue weighted by Crippen LogP contribution is 2.27. The Bertz CT molecular complexity index is 899. The Labute approximate surface area is 142 Å². The van der Waals surface area contributed by atoms with Gasteiger partial charge in [-0.25, -0.2) is 0 Å². The Morgan fingerprint density at radius 3 is 2.22 bits per heavy atom. The van der Waals surface area contributed by atoms with Crippen LogP contribution in [0.15, 0.2) is 51.9 Å². The van der Waals surface area contributed by atoms with Crippen molar-refractivity contribution in [3.63, 3.8) is 0 Å². The minimum absolute atomic E-state index is 0.0277. The normalized spacial score (nSPS) is 11.1. The summed E-state index contributed by atoms with van der Waals surface area (Å²) in [6.07, 6.45) is 4.12. The van der Waals surface area contributed by atoms with Crippen LogP contribution < -0.4 is 5.43 Å². The predicted octanol–water partition coefficient (Wildman–Crippen LogP) is 4.59. The molecule has 3 atom stereocenters. The zero-order valence-electron chi connectivity index (χ0n) is 12.7. The summed E-state index contributed by atoms with van der Waals surface area (Å²) in [5, 5.41) is 0.650. The van der Waals surface area contributed by atoms with Crippen molar-refractivity contribution >= 4 is 38.7 Å². The van der Waals surface area contributed by atoms with Gasteiger partial charge in [0.1, 0.15) is 11.8 Å². The molecule has 0 amide bonds. The van der Waals surface area contributed by atoms with Crippen LogP contribution in [0, 0.1) is 0 Å². The van der Waals surface area contributed by atoms with Gasteiger partial charge in [-0.3, -0.25) is 4.79 Å². The average Bonchev–Trinajstić information content (AvgIpc) is 2.61. The Morgan fingerprint density at radius 2 is 1.61 bits per heavy atom. The predicted molar refractivity (Wildman–Crippen MR) is 108 cm³/mol. The fourth-order valence-corrected chi connectivity index (χ4v) is 3.84. The van der Waals surface area contributed by atoms with Gasteiger partial charge in [-0.05, 0) is 41.2 Å². The van der Waals surface area contributed by atoms with Crippen LogP contribution in [0.5, 0.6) is 0 Å². The second-order valence-corrected chi connectivity index (χ2v) is 6.59. The number of benzene rings is 2. The topological polar surface area (TPSA) is 30.2 Å². The van der Waals surface area contributed by atoms with Gasteiger partial charge in [0.25, 0.3) is 0 Å². The molecule has 3 aromatic rings. The Balaban J connectivity index is 2.21. The molecule has 0 radical (unpaired) electrons. The van der Waals surface area contributed by atoms with Gasteiger partial charge in [-0.1, -0.05) is 30.3 Å². The summed E-state index contributed by atoms with van der Waals surface area (Å²) in [5.74, 6) is 0. The Kier molecular flexibility index (Phi) is 5.27. The minimum atomic E-state index is 0.0277. The summed E-state index contributed by atoms with van der Waals surface area (Å²) in [5.41, 5.74) is 5.74. The lowest BCUT2D eigenvalue weighted by atomic mass is 10.0. The van der Waals surface area contributed by atoms with Crippen molar-refractivity contribution in [2.45, 2.75) is 18.5 Å². The van der Waals surface area contributed by atoms with Crippen molar-refractivity contribution in [3.8, 4) is 11.1 Å². The van der Waals surface area contributed by atoms with E-state index >= 15 is 0 Å². The average molecular weight is 360 g/mol. The monoisotopic (exact) mass is 360 g/mol. The van der Waals surface area contributed by atoms with E-state index in [1.165, 1.54) is 11.1 Å². The Morgan fingerprint density at radius 1 is 0.870 bits per heavy atom. The number of fused-ring (bicyclic) bond motifs is 1. The number of hydrogen-bond acceptors (Lipinski definition) is 2. The number of hydrogen-bond donors (Lipinski definition) is 0. The van der Waals surface area contributed by atoms with Crippen molar-refractivity contribution in [1.29, 1.82) is 0 Å². The summed E-state index contributed by atoms with van der Waals surface area (Å²) in [4.78, 5) is 12.9. The van der Waals surface area contributed by atoms with Crippen molar-refractivity contribution in [3.05, 3.63) is 69.6 Å². The van der Waals surface area contributed by atoms with E-state index in [2.05, 4.69) is 27.7 Å². The first-order valence-corrected chi connectivity index (χ1v) is 9.90. The highest BCUT2D eigenvalue weighted by Gasteiger charge is 2.13. The third-order valence-corrected chi connectivity index (χ3v) is 5.39. The molecular weight excluding hydrogens is 341 g/mol. The van der Waals surface area contributed by atoms with Gasteiger partial charge in [0.2, 0.25) is 0 Å². The van der Waals surface area contributed by atoms with Gasteiger partial charge in [0.15, 0.2) is 5.43 Å². The van der Waals surface area contributed by atoms with E-state index in [-0.39, 0.29) is 5.43 Å². The molecule has 5 heteroatoms. The van der Waals surface area contributed by atoms with E-state index in [0.29, 0.717) is 16.5 Å².